The largest absolute Gasteiger partial charge is 0.341 e. The second-order valence-corrected chi connectivity index (χ2v) is 9.78. The lowest BCUT2D eigenvalue weighted by Crippen LogP contribution is -2.45. The average Bonchev–Trinajstić information content (AvgIpc) is 3.09. The Morgan fingerprint density at radius 2 is 1.82 bits per heavy atom. The van der Waals surface area contributed by atoms with Crippen molar-refractivity contribution in [3.8, 4) is 0 Å². The first-order valence-electron chi connectivity index (χ1n) is 11.4. The number of hydrogen-bond donors (Lipinski definition) is 0. The normalized spacial score (nSPS) is 18.8. The molecular formula is C26H27ClN4O2. The smallest absolute Gasteiger partial charge is 0.291 e. The van der Waals surface area contributed by atoms with Crippen LogP contribution < -0.4 is 5.56 Å². The second kappa shape index (κ2) is 8.67. The SMILES string of the molecule is C[C@H]1C[C@H](C)CN(C(=O)Cn2ncc3c4ccccc4n(Cc4cccc(Cl)c4)c3c2=O)C1. The van der Waals surface area contributed by atoms with Crippen LogP contribution in [-0.2, 0) is 17.9 Å². The summed E-state index contributed by atoms with van der Waals surface area (Å²) in [7, 11) is 0. The number of carbonyl (C=O) groups excluding carboxylic acids is 1. The quantitative estimate of drug-likeness (QED) is 0.446. The molecule has 6 nitrogen and oxygen atoms in total. The van der Waals surface area contributed by atoms with E-state index < -0.39 is 0 Å². The van der Waals surface area contributed by atoms with Gasteiger partial charge in [-0.25, -0.2) is 4.68 Å². The molecular weight excluding hydrogens is 436 g/mol. The summed E-state index contributed by atoms with van der Waals surface area (Å²) in [6.45, 7) is 6.25. The molecule has 5 rings (SSSR count). The fraction of sp³-hybridized carbons (Fsp3) is 0.346. The zero-order valence-corrected chi connectivity index (χ0v) is 19.6. The van der Waals surface area contributed by atoms with Crippen LogP contribution in [0, 0.1) is 11.8 Å². The van der Waals surface area contributed by atoms with Gasteiger partial charge in [-0.15, -0.1) is 0 Å². The molecule has 1 aliphatic rings. The Hall–Kier alpha value is -3.12. The van der Waals surface area contributed by atoms with Crippen LogP contribution in [0.2, 0.25) is 5.02 Å². The van der Waals surface area contributed by atoms with Crippen LogP contribution in [0.1, 0.15) is 25.8 Å². The van der Waals surface area contributed by atoms with E-state index >= 15 is 0 Å². The summed E-state index contributed by atoms with van der Waals surface area (Å²) in [5.74, 6) is 0.870. The van der Waals surface area contributed by atoms with E-state index in [1.165, 1.54) is 4.68 Å². The summed E-state index contributed by atoms with van der Waals surface area (Å²) < 4.78 is 3.31. The number of rotatable bonds is 4. The van der Waals surface area contributed by atoms with Crippen molar-refractivity contribution >= 4 is 39.3 Å². The Bertz CT molecular complexity index is 1400. The predicted octanol–water partition coefficient (Wildman–Crippen LogP) is 4.56. The van der Waals surface area contributed by atoms with Crippen molar-refractivity contribution in [1.82, 2.24) is 19.2 Å². The molecule has 0 spiro atoms. The van der Waals surface area contributed by atoms with Crippen molar-refractivity contribution in [3.63, 3.8) is 0 Å². The number of para-hydroxylation sites is 1. The standard InChI is InChI=1S/C26H27ClN4O2/c1-17-10-18(2)14-29(13-17)24(32)16-31-26(33)25-22(12-28-31)21-8-3-4-9-23(21)30(25)15-19-6-5-7-20(27)11-19/h3-9,11-12,17-18H,10,13-16H2,1-2H3/t17-,18-/m0/s1. The van der Waals surface area contributed by atoms with E-state index in [0.29, 0.717) is 28.9 Å². The number of aromatic nitrogens is 3. The zero-order chi connectivity index (χ0) is 23.1. The first-order chi connectivity index (χ1) is 15.9. The van der Waals surface area contributed by atoms with E-state index in [4.69, 9.17) is 11.6 Å². The number of fused-ring (bicyclic) bond motifs is 3. The van der Waals surface area contributed by atoms with Crippen molar-refractivity contribution < 1.29 is 4.79 Å². The maximum atomic E-state index is 13.6. The predicted molar refractivity (Wildman–Crippen MR) is 132 cm³/mol. The molecule has 0 saturated carbocycles. The molecule has 0 bridgehead atoms. The topological polar surface area (TPSA) is 60.1 Å². The maximum absolute atomic E-state index is 13.6. The third-order valence-corrected chi connectivity index (χ3v) is 6.74. The Morgan fingerprint density at radius 3 is 2.58 bits per heavy atom. The van der Waals surface area contributed by atoms with Crippen molar-refractivity contribution in [2.45, 2.75) is 33.4 Å². The number of piperidine rings is 1. The molecule has 1 amide bonds. The summed E-state index contributed by atoms with van der Waals surface area (Å²) in [6, 6.07) is 15.6. The number of benzene rings is 2. The number of hydrogen-bond acceptors (Lipinski definition) is 3. The highest BCUT2D eigenvalue weighted by atomic mass is 35.5. The molecule has 3 heterocycles. The molecule has 2 atom stereocenters. The Morgan fingerprint density at radius 1 is 1.06 bits per heavy atom. The number of likely N-dealkylation sites (tertiary alicyclic amines) is 1. The molecule has 2 aromatic carbocycles. The fourth-order valence-electron chi connectivity index (χ4n) is 5.18. The molecule has 7 heteroatoms. The van der Waals surface area contributed by atoms with Crippen LogP contribution in [0.3, 0.4) is 0 Å². The van der Waals surface area contributed by atoms with E-state index in [0.717, 1.165) is 41.4 Å². The number of amides is 1. The van der Waals surface area contributed by atoms with Crippen LogP contribution in [0.25, 0.3) is 21.8 Å². The van der Waals surface area contributed by atoms with Crippen LogP contribution >= 0.6 is 11.6 Å². The van der Waals surface area contributed by atoms with Crippen molar-refractivity contribution in [2.24, 2.45) is 11.8 Å². The fourth-order valence-corrected chi connectivity index (χ4v) is 5.40. The molecule has 33 heavy (non-hydrogen) atoms. The van der Waals surface area contributed by atoms with E-state index in [1.807, 2.05) is 58.0 Å². The molecule has 0 radical (unpaired) electrons. The van der Waals surface area contributed by atoms with Crippen molar-refractivity contribution in [1.29, 1.82) is 0 Å². The minimum absolute atomic E-state index is 0.0487. The first kappa shape index (κ1) is 21.7. The number of carbonyl (C=O) groups is 1. The highest BCUT2D eigenvalue weighted by molar-refractivity contribution is 6.30. The zero-order valence-electron chi connectivity index (χ0n) is 18.9. The molecule has 1 saturated heterocycles. The Kier molecular flexibility index (Phi) is 5.71. The number of halogens is 1. The van der Waals surface area contributed by atoms with Crippen LogP contribution in [0.4, 0.5) is 0 Å². The van der Waals surface area contributed by atoms with Gasteiger partial charge in [-0.2, -0.15) is 5.10 Å². The first-order valence-corrected chi connectivity index (χ1v) is 11.8. The average molecular weight is 463 g/mol. The summed E-state index contributed by atoms with van der Waals surface area (Å²) in [5, 5.41) is 6.80. The van der Waals surface area contributed by atoms with E-state index in [1.54, 1.807) is 6.20 Å². The lowest BCUT2D eigenvalue weighted by atomic mass is 9.92. The number of nitrogens with zero attached hydrogens (tertiary/aromatic N) is 4. The van der Waals surface area contributed by atoms with Gasteiger partial charge in [-0.3, -0.25) is 9.59 Å². The molecule has 4 aromatic rings. The van der Waals surface area contributed by atoms with Crippen molar-refractivity contribution in [3.05, 3.63) is 75.7 Å². The summed E-state index contributed by atoms with van der Waals surface area (Å²) >= 11 is 6.20. The molecule has 1 fully saturated rings. The monoisotopic (exact) mass is 462 g/mol. The van der Waals surface area contributed by atoms with Gasteiger partial charge in [0.15, 0.2) is 0 Å². The lowest BCUT2D eigenvalue weighted by molar-refractivity contribution is -0.134. The lowest BCUT2D eigenvalue weighted by Gasteiger charge is -2.35. The van der Waals surface area contributed by atoms with E-state index in [9.17, 15) is 9.59 Å². The van der Waals surface area contributed by atoms with E-state index in [-0.39, 0.29) is 18.0 Å². The molecule has 0 aliphatic carbocycles. The molecule has 170 valence electrons. The summed E-state index contributed by atoms with van der Waals surface area (Å²) in [6.07, 6.45) is 2.83. The minimum atomic E-state index is -0.253. The molecule has 2 aromatic heterocycles. The van der Waals surface area contributed by atoms with Crippen LogP contribution in [-0.4, -0.2) is 38.2 Å². The van der Waals surface area contributed by atoms with Gasteiger partial charge in [0.1, 0.15) is 12.1 Å². The summed E-state index contributed by atoms with van der Waals surface area (Å²) in [4.78, 5) is 28.5. The molecule has 1 aliphatic heterocycles. The highest BCUT2D eigenvalue weighted by Gasteiger charge is 2.26. The van der Waals surface area contributed by atoms with Gasteiger partial charge < -0.3 is 9.47 Å². The maximum Gasteiger partial charge on any atom is 0.291 e. The van der Waals surface area contributed by atoms with E-state index in [2.05, 4.69) is 18.9 Å². The Balaban J connectivity index is 1.57. The van der Waals surface area contributed by atoms with Gasteiger partial charge in [0, 0.05) is 40.9 Å². The highest BCUT2D eigenvalue weighted by Crippen LogP contribution is 2.28. The van der Waals surface area contributed by atoms with Crippen LogP contribution in [0.5, 0.6) is 0 Å². The van der Waals surface area contributed by atoms with Gasteiger partial charge >= 0.3 is 0 Å². The minimum Gasteiger partial charge on any atom is -0.341 e. The second-order valence-electron chi connectivity index (χ2n) is 9.35. The van der Waals surface area contributed by atoms with Gasteiger partial charge in [-0.05, 0) is 42.0 Å². The van der Waals surface area contributed by atoms with Gasteiger partial charge in [-0.1, -0.05) is 55.8 Å². The van der Waals surface area contributed by atoms with Gasteiger partial charge in [0.2, 0.25) is 5.91 Å². The summed E-state index contributed by atoms with van der Waals surface area (Å²) in [5.41, 5.74) is 2.26. The molecule has 0 unspecified atom stereocenters. The Labute approximate surface area is 197 Å². The van der Waals surface area contributed by atoms with Crippen LogP contribution in [0.15, 0.2) is 59.5 Å². The third-order valence-electron chi connectivity index (χ3n) is 6.51. The van der Waals surface area contributed by atoms with Gasteiger partial charge in [0.05, 0.1) is 6.20 Å². The molecule has 0 N–H and O–H groups in total. The van der Waals surface area contributed by atoms with Crippen molar-refractivity contribution in [2.75, 3.05) is 13.1 Å². The van der Waals surface area contributed by atoms with Gasteiger partial charge in [0.25, 0.3) is 5.56 Å². The third kappa shape index (κ3) is 4.15.